The second kappa shape index (κ2) is 9.82. The molecular formula is C27H19N3O4S. The van der Waals surface area contributed by atoms with E-state index in [-0.39, 0.29) is 11.6 Å². The molecule has 1 saturated heterocycles. The zero-order valence-corrected chi connectivity index (χ0v) is 19.2. The van der Waals surface area contributed by atoms with Crippen LogP contribution in [0.2, 0.25) is 0 Å². The molecule has 1 aliphatic heterocycles. The van der Waals surface area contributed by atoms with E-state index < -0.39 is 4.92 Å². The van der Waals surface area contributed by atoms with Crippen molar-refractivity contribution in [3.63, 3.8) is 0 Å². The van der Waals surface area contributed by atoms with Gasteiger partial charge < -0.3 is 4.42 Å². The van der Waals surface area contributed by atoms with Gasteiger partial charge in [-0.3, -0.25) is 19.8 Å². The smallest absolute Gasteiger partial charge is 0.270 e. The van der Waals surface area contributed by atoms with Gasteiger partial charge in [-0.25, -0.2) is 4.99 Å². The van der Waals surface area contributed by atoms with E-state index >= 15 is 0 Å². The summed E-state index contributed by atoms with van der Waals surface area (Å²) in [4.78, 5) is 30.8. The normalized spacial score (nSPS) is 15.8. The van der Waals surface area contributed by atoms with Gasteiger partial charge >= 0.3 is 0 Å². The van der Waals surface area contributed by atoms with Gasteiger partial charge in [0.2, 0.25) is 0 Å². The fraction of sp³-hybridized carbons (Fsp3) is 0.0370. The van der Waals surface area contributed by atoms with Gasteiger partial charge in [0.1, 0.15) is 11.5 Å². The van der Waals surface area contributed by atoms with Crippen molar-refractivity contribution in [2.24, 2.45) is 4.99 Å². The number of carbonyl (C=O) groups is 1. The van der Waals surface area contributed by atoms with E-state index in [2.05, 4.69) is 0 Å². The summed E-state index contributed by atoms with van der Waals surface area (Å²) >= 11 is 1.29. The Labute approximate surface area is 205 Å². The molecule has 0 N–H and O–H groups in total. The first kappa shape index (κ1) is 22.4. The largest absolute Gasteiger partial charge is 0.457 e. The van der Waals surface area contributed by atoms with Gasteiger partial charge in [0.05, 0.1) is 22.1 Å². The standard InChI is InChI=1S/C27H19N3O4S/c31-26-25(17-23-14-15-24(34-23)20-10-7-13-22(16-20)30(32)33)35-27(28-21-11-5-2-6-12-21)29(26)18-19-8-3-1-4-9-19/h1-17H,18H2/b25-17-,28-27?. The number of nitro benzene ring substituents is 1. The van der Waals surface area contributed by atoms with Crippen molar-refractivity contribution in [3.05, 3.63) is 123 Å². The van der Waals surface area contributed by atoms with Crippen LogP contribution in [0.1, 0.15) is 11.3 Å². The van der Waals surface area contributed by atoms with Crippen molar-refractivity contribution in [3.8, 4) is 11.3 Å². The summed E-state index contributed by atoms with van der Waals surface area (Å²) in [5.74, 6) is 0.792. The van der Waals surface area contributed by atoms with Crippen molar-refractivity contribution in [2.75, 3.05) is 0 Å². The number of hydrogen-bond donors (Lipinski definition) is 0. The van der Waals surface area contributed by atoms with E-state index in [0.29, 0.717) is 33.7 Å². The summed E-state index contributed by atoms with van der Waals surface area (Å²) in [5, 5.41) is 11.7. The number of thioether (sulfide) groups is 1. The molecule has 5 rings (SSSR count). The molecule has 35 heavy (non-hydrogen) atoms. The molecule has 8 heteroatoms. The van der Waals surface area contributed by atoms with E-state index in [1.165, 1.54) is 23.9 Å². The van der Waals surface area contributed by atoms with Gasteiger partial charge in [0, 0.05) is 23.8 Å². The van der Waals surface area contributed by atoms with E-state index in [1.54, 1.807) is 35.2 Å². The van der Waals surface area contributed by atoms with Crippen molar-refractivity contribution >= 4 is 40.3 Å². The molecule has 3 aromatic carbocycles. The molecule has 0 spiro atoms. The first-order chi connectivity index (χ1) is 17.1. The third-order valence-corrected chi connectivity index (χ3v) is 6.30. The molecule has 1 aromatic heterocycles. The third kappa shape index (κ3) is 5.07. The Hall–Kier alpha value is -4.43. The summed E-state index contributed by atoms with van der Waals surface area (Å²) in [5.41, 5.74) is 2.33. The number of amides is 1. The van der Waals surface area contributed by atoms with Crippen LogP contribution < -0.4 is 0 Å². The monoisotopic (exact) mass is 481 g/mol. The lowest BCUT2D eigenvalue weighted by atomic mass is 10.1. The highest BCUT2D eigenvalue weighted by atomic mass is 32.2. The molecule has 2 heterocycles. The molecular weight excluding hydrogens is 462 g/mol. The minimum absolute atomic E-state index is 0.0151. The molecule has 0 bridgehead atoms. The number of nitro groups is 1. The van der Waals surface area contributed by atoms with Gasteiger partial charge in [-0.2, -0.15) is 0 Å². The van der Waals surface area contributed by atoms with Crippen LogP contribution in [0, 0.1) is 10.1 Å². The molecule has 0 saturated carbocycles. The van der Waals surface area contributed by atoms with Crippen molar-refractivity contribution in [1.82, 2.24) is 4.90 Å². The average molecular weight is 482 g/mol. The van der Waals surface area contributed by atoms with Crippen LogP contribution in [-0.4, -0.2) is 20.9 Å². The summed E-state index contributed by atoms with van der Waals surface area (Å²) in [7, 11) is 0. The quantitative estimate of drug-likeness (QED) is 0.175. The average Bonchev–Trinajstić information content (AvgIpc) is 3.46. The maximum absolute atomic E-state index is 13.4. The molecule has 1 aliphatic rings. The third-order valence-electron chi connectivity index (χ3n) is 5.29. The molecule has 0 unspecified atom stereocenters. The Morgan fingerprint density at radius 3 is 2.43 bits per heavy atom. The van der Waals surface area contributed by atoms with Crippen molar-refractivity contribution in [2.45, 2.75) is 6.54 Å². The number of para-hydroxylation sites is 1. The van der Waals surface area contributed by atoms with E-state index in [0.717, 1.165) is 11.3 Å². The first-order valence-electron chi connectivity index (χ1n) is 10.8. The van der Waals surface area contributed by atoms with Gasteiger partial charge in [-0.15, -0.1) is 0 Å². The van der Waals surface area contributed by atoms with Crippen molar-refractivity contribution in [1.29, 1.82) is 0 Å². The van der Waals surface area contributed by atoms with Crippen LogP contribution in [0.3, 0.4) is 0 Å². The van der Waals surface area contributed by atoms with Gasteiger partial charge in [0.15, 0.2) is 5.17 Å². The highest BCUT2D eigenvalue weighted by molar-refractivity contribution is 8.18. The fourth-order valence-corrected chi connectivity index (χ4v) is 4.58. The van der Waals surface area contributed by atoms with E-state index in [4.69, 9.17) is 9.41 Å². The molecule has 1 amide bonds. The summed E-state index contributed by atoms with van der Waals surface area (Å²) in [6, 6.07) is 28.9. The zero-order valence-electron chi connectivity index (χ0n) is 18.4. The Balaban J connectivity index is 1.45. The van der Waals surface area contributed by atoms with E-state index in [9.17, 15) is 14.9 Å². The molecule has 4 aromatic rings. The van der Waals surface area contributed by atoms with Crippen LogP contribution in [0.5, 0.6) is 0 Å². The van der Waals surface area contributed by atoms with Crippen LogP contribution in [-0.2, 0) is 11.3 Å². The lowest BCUT2D eigenvalue weighted by molar-refractivity contribution is -0.384. The number of carbonyl (C=O) groups excluding carboxylic acids is 1. The predicted molar refractivity (Wildman–Crippen MR) is 137 cm³/mol. The fourth-order valence-electron chi connectivity index (χ4n) is 3.60. The highest BCUT2D eigenvalue weighted by Crippen LogP contribution is 2.36. The highest BCUT2D eigenvalue weighted by Gasteiger charge is 2.33. The SMILES string of the molecule is O=C1/C(=C/c2ccc(-c3cccc([N+](=O)[O-])c3)o2)SC(=Nc2ccccc2)N1Cc1ccccc1. The zero-order chi connectivity index (χ0) is 24.2. The van der Waals surface area contributed by atoms with Gasteiger partial charge in [0.25, 0.3) is 11.6 Å². The second-order valence-corrected chi connectivity index (χ2v) is 8.74. The Morgan fingerprint density at radius 1 is 0.943 bits per heavy atom. The minimum Gasteiger partial charge on any atom is -0.457 e. The van der Waals surface area contributed by atoms with Gasteiger partial charge in [-0.05, 0) is 41.6 Å². The molecule has 1 fully saturated rings. The second-order valence-electron chi connectivity index (χ2n) is 7.73. The number of rotatable bonds is 6. The maximum atomic E-state index is 13.4. The number of amidine groups is 1. The molecule has 7 nitrogen and oxygen atoms in total. The first-order valence-corrected chi connectivity index (χ1v) is 11.6. The van der Waals surface area contributed by atoms with Crippen LogP contribution in [0.25, 0.3) is 17.4 Å². The Kier molecular flexibility index (Phi) is 6.28. The summed E-state index contributed by atoms with van der Waals surface area (Å²) in [6.07, 6.45) is 1.68. The lowest BCUT2D eigenvalue weighted by Crippen LogP contribution is -2.28. The topological polar surface area (TPSA) is 88.9 Å². The molecule has 0 atom stereocenters. The molecule has 0 aliphatic carbocycles. The summed E-state index contributed by atoms with van der Waals surface area (Å²) < 4.78 is 5.90. The molecule has 172 valence electrons. The van der Waals surface area contributed by atoms with Crippen molar-refractivity contribution < 1.29 is 14.1 Å². The number of furan rings is 1. The Bertz CT molecular complexity index is 1450. The summed E-state index contributed by atoms with van der Waals surface area (Å²) in [6.45, 7) is 0.396. The van der Waals surface area contributed by atoms with Crippen LogP contribution >= 0.6 is 11.8 Å². The van der Waals surface area contributed by atoms with Crippen LogP contribution in [0.15, 0.2) is 111 Å². The minimum atomic E-state index is -0.446. The molecule has 0 radical (unpaired) electrons. The van der Waals surface area contributed by atoms with E-state index in [1.807, 2.05) is 60.7 Å². The number of aliphatic imine (C=N–C) groups is 1. The van der Waals surface area contributed by atoms with Crippen LogP contribution in [0.4, 0.5) is 11.4 Å². The number of hydrogen-bond acceptors (Lipinski definition) is 6. The maximum Gasteiger partial charge on any atom is 0.270 e. The predicted octanol–water partition coefficient (Wildman–Crippen LogP) is 6.66. The number of non-ortho nitro benzene ring substituents is 1. The Morgan fingerprint density at radius 2 is 1.69 bits per heavy atom. The lowest BCUT2D eigenvalue weighted by Gasteiger charge is -2.15. The number of nitrogens with zero attached hydrogens (tertiary/aromatic N) is 3. The van der Waals surface area contributed by atoms with Gasteiger partial charge in [-0.1, -0.05) is 60.7 Å². The number of benzene rings is 3.